The first kappa shape index (κ1) is 22.1. The second-order valence-electron chi connectivity index (χ2n) is 7.93. The Kier molecular flexibility index (Phi) is 6.88. The number of benzene rings is 1. The molecular weight excluding hydrogens is 454 g/mol. The van der Waals surface area contributed by atoms with Gasteiger partial charge in [-0.15, -0.1) is 28.3 Å². The Hall–Kier alpha value is -1.61. The van der Waals surface area contributed by atoms with Gasteiger partial charge in [-0.2, -0.15) is 0 Å². The summed E-state index contributed by atoms with van der Waals surface area (Å²) < 4.78 is 0. The number of hydrogen-bond acceptors (Lipinski definition) is 6. The maximum absolute atomic E-state index is 13.0. The number of nitrogens with one attached hydrogen (secondary N) is 1. The third kappa shape index (κ3) is 4.60. The van der Waals surface area contributed by atoms with Gasteiger partial charge in [-0.3, -0.25) is 9.69 Å². The fourth-order valence-corrected chi connectivity index (χ4v) is 5.18. The number of piperazine rings is 1. The molecule has 2 aromatic rings. The summed E-state index contributed by atoms with van der Waals surface area (Å²) >= 11 is 1.79. The monoisotopic (exact) mass is 481 g/mol. The number of hydrogen-bond donors (Lipinski definition) is 3. The summed E-state index contributed by atoms with van der Waals surface area (Å²) in [4.78, 5) is 19.8. The summed E-state index contributed by atoms with van der Waals surface area (Å²) in [5, 5.41) is 23.6. The first-order valence-electron chi connectivity index (χ1n) is 9.81. The highest BCUT2D eigenvalue weighted by Gasteiger charge is 2.29. The van der Waals surface area contributed by atoms with E-state index in [9.17, 15) is 15.0 Å². The SMILES string of the molecule is Br.CC(C)c1cc(C(=O)N2Cc3cc(CN4CCNCC4)sc3C2)c(O)cc1O. The van der Waals surface area contributed by atoms with Crippen LogP contribution in [0.3, 0.4) is 0 Å². The molecule has 0 spiro atoms. The number of thiophene rings is 1. The first-order chi connectivity index (χ1) is 13.4. The van der Waals surface area contributed by atoms with Crippen LogP contribution >= 0.6 is 28.3 Å². The maximum Gasteiger partial charge on any atom is 0.258 e. The molecule has 2 aliphatic heterocycles. The van der Waals surface area contributed by atoms with Crippen molar-refractivity contribution < 1.29 is 15.0 Å². The minimum Gasteiger partial charge on any atom is -0.508 e. The minimum absolute atomic E-state index is 0. The molecule has 0 unspecified atom stereocenters. The molecule has 4 rings (SSSR count). The van der Waals surface area contributed by atoms with Gasteiger partial charge in [0.25, 0.3) is 5.91 Å². The summed E-state index contributed by atoms with van der Waals surface area (Å²) in [5.41, 5.74) is 2.15. The van der Waals surface area contributed by atoms with Gasteiger partial charge in [0.1, 0.15) is 11.5 Å². The molecule has 0 bridgehead atoms. The lowest BCUT2D eigenvalue weighted by Crippen LogP contribution is -2.42. The number of carbonyl (C=O) groups is 1. The Morgan fingerprint density at radius 3 is 2.52 bits per heavy atom. The second kappa shape index (κ2) is 9.04. The highest BCUT2D eigenvalue weighted by Crippen LogP contribution is 2.36. The molecular formula is C21H28BrN3O3S. The van der Waals surface area contributed by atoms with E-state index in [2.05, 4.69) is 16.3 Å². The minimum atomic E-state index is -0.188. The van der Waals surface area contributed by atoms with Gasteiger partial charge in [0.05, 0.1) is 12.1 Å². The van der Waals surface area contributed by atoms with E-state index < -0.39 is 0 Å². The fraction of sp³-hybridized carbons (Fsp3) is 0.476. The van der Waals surface area contributed by atoms with Crippen molar-refractivity contribution in [3.8, 4) is 11.5 Å². The van der Waals surface area contributed by atoms with E-state index in [-0.39, 0.29) is 45.9 Å². The van der Waals surface area contributed by atoms with Crippen LogP contribution in [0.4, 0.5) is 0 Å². The quantitative estimate of drug-likeness (QED) is 0.623. The van der Waals surface area contributed by atoms with Crippen molar-refractivity contribution in [3.63, 3.8) is 0 Å². The number of rotatable bonds is 4. The van der Waals surface area contributed by atoms with Crippen LogP contribution in [-0.4, -0.2) is 52.1 Å². The summed E-state index contributed by atoms with van der Waals surface area (Å²) in [6.07, 6.45) is 0. The summed E-state index contributed by atoms with van der Waals surface area (Å²) in [5.74, 6) is -0.255. The van der Waals surface area contributed by atoms with E-state index in [1.54, 1.807) is 22.3 Å². The molecule has 8 heteroatoms. The lowest BCUT2D eigenvalue weighted by molar-refractivity contribution is 0.0748. The van der Waals surface area contributed by atoms with Crippen LogP contribution in [0.5, 0.6) is 11.5 Å². The Balaban J connectivity index is 0.00000240. The Morgan fingerprint density at radius 2 is 1.86 bits per heavy atom. The molecule has 1 saturated heterocycles. The third-order valence-corrected chi connectivity index (χ3v) is 6.66. The van der Waals surface area contributed by atoms with Crippen LogP contribution in [0, 0.1) is 0 Å². The maximum atomic E-state index is 13.0. The molecule has 1 aromatic carbocycles. The van der Waals surface area contributed by atoms with Gasteiger partial charge in [0, 0.05) is 55.1 Å². The van der Waals surface area contributed by atoms with Gasteiger partial charge in [0.2, 0.25) is 0 Å². The van der Waals surface area contributed by atoms with Crippen molar-refractivity contribution >= 4 is 34.2 Å². The third-order valence-electron chi connectivity index (χ3n) is 5.52. The second-order valence-corrected chi connectivity index (χ2v) is 9.15. The van der Waals surface area contributed by atoms with E-state index in [0.29, 0.717) is 18.7 Å². The molecule has 6 nitrogen and oxygen atoms in total. The Morgan fingerprint density at radius 1 is 1.14 bits per heavy atom. The Bertz CT molecular complexity index is 870. The van der Waals surface area contributed by atoms with Gasteiger partial charge in [-0.05, 0) is 29.2 Å². The van der Waals surface area contributed by atoms with Crippen molar-refractivity contribution in [1.29, 1.82) is 0 Å². The lowest BCUT2D eigenvalue weighted by Gasteiger charge is -2.26. The van der Waals surface area contributed by atoms with Gasteiger partial charge < -0.3 is 20.4 Å². The molecule has 1 amide bonds. The zero-order valence-electron chi connectivity index (χ0n) is 16.8. The van der Waals surface area contributed by atoms with Crippen molar-refractivity contribution in [1.82, 2.24) is 15.1 Å². The van der Waals surface area contributed by atoms with Crippen LogP contribution in [-0.2, 0) is 19.6 Å². The molecule has 158 valence electrons. The van der Waals surface area contributed by atoms with Gasteiger partial charge in [0.15, 0.2) is 0 Å². The molecule has 3 N–H and O–H groups in total. The van der Waals surface area contributed by atoms with Crippen LogP contribution in [0.1, 0.15) is 51.0 Å². The molecule has 1 fully saturated rings. The highest BCUT2D eigenvalue weighted by molar-refractivity contribution is 8.93. The molecule has 3 heterocycles. The van der Waals surface area contributed by atoms with Gasteiger partial charge in [-0.1, -0.05) is 13.8 Å². The number of fused-ring (bicyclic) bond motifs is 1. The fourth-order valence-electron chi connectivity index (χ4n) is 3.94. The molecule has 1 aromatic heterocycles. The number of nitrogens with zero attached hydrogens (tertiary/aromatic N) is 2. The largest absolute Gasteiger partial charge is 0.508 e. The average molecular weight is 482 g/mol. The standard InChI is InChI=1S/C21H27N3O3S.BrH/c1-13(2)16-8-17(19(26)9-18(16)25)21(27)24-10-14-7-15(28-20(14)12-24)11-23-5-3-22-4-6-23;/h7-9,13,22,25-26H,3-6,10-12H2,1-2H3;1H. The lowest BCUT2D eigenvalue weighted by atomic mass is 9.98. The zero-order valence-corrected chi connectivity index (χ0v) is 19.3. The Labute approximate surface area is 185 Å². The molecule has 0 atom stereocenters. The normalized spacial score (nSPS) is 16.7. The van der Waals surface area contributed by atoms with E-state index in [1.165, 1.54) is 21.4 Å². The van der Waals surface area contributed by atoms with Gasteiger partial charge >= 0.3 is 0 Å². The van der Waals surface area contributed by atoms with Crippen molar-refractivity contribution in [2.45, 2.75) is 39.4 Å². The molecule has 0 radical (unpaired) electrons. The molecule has 2 aliphatic rings. The molecule has 0 saturated carbocycles. The predicted octanol–water partition coefficient (Wildman–Crippen LogP) is 3.42. The van der Waals surface area contributed by atoms with Crippen molar-refractivity contribution in [2.24, 2.45) is 0 Å². The number of halogens is 1. The van der Waals surface area contributed by atoms with E-state index >= 15 is 0 Å². The van der Waals surface area contributed by atoms with Crippen LogP contribution in [0.15, 0.2) is 18.2 Å². The number of carbonyl (C=O) groups excluding carboxylic acids is 1. The topological polar surface area (TPSA) is 76.0 Å². The van der Waals surface area contributed by atoms with Crippen molar-refractivity contribution in [2.75, 3.05) is 26.2 Å². The molecule has 0 aliphatic carbocycles. The van der Waals surface area contributed by atoms with E-state index in [4.69, 9.17) is 0 Å². The predicted molar refractivity (Wildman–Crippen MR) is 120 cm³/mol. The van der Waals surface area contributed by atoms with Crippen LogP contribution in [0.25, 0.3) is 0 Å². The highest BCUT2D eigenvalue weighted by atomic mass is 79.9. The van der Waals surface area contributed by atoms with Crippen LogP contribution in [0.2, 0.25) is 0 Å². The smallest absolute Gasteiger partial charge is 0.258 e. The summed E-state index contributed by atoms with van der Waals surface area (Å²) in [6.45, 7) is 10.3. The zero-order chi connectivity index (χ0) is 19.8. The van der Waals surface area contributed by atoms with E-state index in [0.717, 1.165) is 32.7 Å². The first-order valence-corrected chi connectivity index (χ1v) is 10.6. The summed E-state index contributed by atoms with van der Waals surface area (Å²) in [7, 11) is 0. The molecule has 29 heavy (non-hydrogen) atoms. The number of amides is 1. The van der Waals surface area contributed by atoms with Crippen LogP contribution < -0.4 is 5.32 Å². The average Bonchev–Trinajstić information content (AvgIpc) is 3.20. The number of aromatic hydroxyl groups is 2. The van der Waals surface area contributed by atoms with E-state index in [1.807, 2.05) is 13.8 Å². The van der Waals surface area contributed by atoms with Crippen molar-refractivity contribution in [3.05, 3.63) is 44.6 Å². The number of phenols is 2. The summed E-state index contributed by atoms with van der Waals surface area (Å²) in [6, 6.07) is 5.13. The van der Waals surface area contributed by atoms with Gasteiger partial charge in [-0.25, -0.2) is 0 Å². The number of phenolic OH excluding ortho intramolecular Hbond substituents is 2.